The van der Waals surface area contributed by atoms with Crippen molar-refractivity contribution in [2.45, 2.75) is 11.1 Å². The Morgan fingerprint density at radius 3 is 2.37 bits per heavy atom. The van der Waals surface area contributed by atoms with Crippen molar-refractivity contribution in [2.75, 3.05) is 0 Å². The second-order valence-corrected chi connectivity index (χ2v) is 8.12. The maximum absolute atomic E-state index is 13.9. The first-order valence-electron chi connectivity index (χ1n) is 8.52. The van der Waals surface area contributed by atoms with Gasteiger partial charge in [0.15, 0.2) is 0 Å². The van der Waals surface area contributed by atoms with Gasteiger partial charge in [0.05, 0.1) is 27.9 Å². The van der Waals surface area contributed by atoms with Crippen LogP contribution in [-0.4, -0.2) is 18.2 Å². The number of hydrogen-bond donors (Lipinski definition) is 1. The van der Waals surface area contributed by atoms with Crippen molar-refractivity contribution in [3.05, 3.63) is 78.2 Å². The number of sulfonamides is 1. The molecule has 1 aromatic heterocycles. The Kier molecular flexibility index (Phi) is 4.63. The second kappa shape index (κ2) is 6.92. The highest BCUT2D eigenvalue weighted by atomic mass is 32.2. The zero-order chi connectivity index (χ0) is 21.7. The first-order chi connectivity index (χ1) is 14.0. The first kappa shape index (κ1) is 20.0. The highest BCUT2D eigenvalue weighted by Crippen LogP contribution is 2.37. The third-order valence-electron chi connectivity index (χ3n) is 4.56. The Balaban J connectivity index is 1.92. The van der Waals surface area contributed by atoms with Crippen molar-refractivity contribution in [2.24, 2.45) is 5.14 Å². The summed E-state index contributed by atoms with van der Waals surface area (Å²) in [6, 6.07) is 12.5. The predicted octanol–water partition coefficient (Wildman–Crippen LogP) is 4.50. The highest BCUT2D eigenvalue weighted by molar-refractivity contribution is 7.89. The molecule has 5 nitrogen and oxygen atoms in total. The molecule has 2 N–H and O–H groups in total. The summed E-state index contributed by atoms with van der Waals surface area (Å²) in [6.45, 7) is 0. The van der Waals surface area contributed by atoms with Gasteiger partial charge in [-0.15, -0.1) is 0 Å². The van der Waals surface area contributed by atoms with E-state index in [2.05, 4.69) is 5.10 Å². The van der Waals surface area contributed by atoms with E-state index in [4.69, 9.17) is 5.14 Å². The molecule has 0 radical (unpaired) electrons. The van der Waals surface area contributed by atoms with Crippen LogP contribution in [0.25, 0.3) is 27.7 Å². The molecule has 0 fully saturated rings. The lowest BCUT2D eigenvalue weighted by Crippen LogP contribution is -2.12. The fourth-order valence-corrected chi connectivity index (χ4v) is 3.72. The van der Waals surface area contributed by atoms with Crippen LogP contribution < -0.4 is 5.14 Å². The number of halogens is 4. The first-order valence-corrected chi connectivity index (χ1v) is 10.1. The van der Waals surface area contributed by atoms with Crippen LogP contribution >= 0.6 is 0 Å². The Hall–Kier alpha value is -3.24. The molecule has 30 heavy (non-hydrogen) atoms. The van der Waals surface area contributed by atoms with Gasteiger partial charge in [0, 0.05) is 11.5 Å². The molecule has 0 amide bonds. The van der Waals surface area contributed by atoms with Crippen molar-refractivity contribution in [3.63, 3.8) is 0 Å². The number of benzene rings is 3. The number of primary sulfonamides is 1. The lowest BCUT2D eigenvalue weighted by molar-refractivity contribution is -0.137. The van der Waals surface area contributed by atoms with Crippen LogP contribution in [0.1, 0.15) is 5.56 Å². The van der Waals surface area contributed by atoms with Gasteiger partial charge in [0.2, 0.25) is 10.0 Å². The Labute approximate surface area is 168 Å². The lowest BCUT2D eigenvalue weighted by atomic mass is 10.0. The van der Waals surface area contributed by atoms with Crippen LogP contribution in [0.5, 0.6) is 0 Å². The van der Waals surface area contributed by atoms with E-state index in [-0.39, 0.29) is 27.2 Å². The normalized spacial score (nSPS) is 12.4. The SMILES string of the molecule is NS(=O)(=O)c1cccc(-c2ccc(-n3ncc4ccc(F)cc43)c(C(F)(F)F)c2)c1. The van der Waals surface area contributed by atoms with Gasteiger partial charge < -0.3 is 0 Å². The molecule has 10 heteroatoms. The quantitative estimate of drug-likeness (QED) is 0.482. The van der Waals surface area contributed by atoms with Crippen molar-refractivity contribution < 1.29 is 26.0 Å². The van der Waals surface area contributed by atoms with Crippen molar-refractivity contribution >= 4 is 20.9 Å². The summed E-state index contributed by atoms with van der Waals surface area (Å²) in [7, 11) is -4.02. The number of fused-ring (bicyclic) bond motifs is 1. The van der Waals surface area contributed by atoms with Crippen LogP contribution in [0, 0.1) is 5.82 Å². The van der Waals surface area contributed by atoms with E-state index in [1.54, 1.807) is 0 Å². The molecule has 0 bridgehead atoms. The number of aromatic nitrogens is 2. The molecule has 0 saturated carbocycles. The van der Waals surface area contributed by atoms with Gasteiger partial charge in [-0.1, -0.05) is 18.2 Å². The topological polar surface area (TPSA) is 78.0 Å². The third-order valence-corrected chi connectivity index (χ3v) is 5.47. The van der Waals surface area contributed by atoms with Gasteiger partial charge >= 0.3 is 6.18 Å². The van der Waals surface area contributed by atoms with E-state index in [1.807, 2.05) is 0 Å². The van der Waals surface area contributed by atoms with Gasteiger partial charge in [-0.3, -0.25) is 0 Å². The fraction of sp³-hybridized carbons (Fsp3) is 0.0500. The largest absolute Gasteiger partial charge is 0.418 e. The number of alkyl halides is 3. The van der Waals surface area contributed by atoms with E-state index in [9.17, 15) is 26.0 Å². The van der Waals surface area contributed by atoms with E-state index in [0.717, 1.165) is 16.8 Å². The molecule has 0 unspecified atom stereocenters. The van der Waals surface area contributed by atoms with Gasteiger partial charge in [0.25, 0.3) is 0 Å². The maximum atomic E-state index is 13.9. The smallest absolute Gasteiger partial charge is 0.232 e. The molecule has 1 heterocycles. The second-order valence-electron chi connectivity index (χ2n) is 6.56. The summed E-state index contributed by atoms with van der Waals surface area (Å²) in [4.78, 5) is -0.216. The fourth-order valence-electron chi connectivity index (χ4n) is 3.16. The summed E-state index contributed by atoms with van der Waals surface area (Å²) < 4.78 is 79.3. The molecule has 4 aromatic rings. The number of nitrogens with two attached hydrogens (primary N) is 1. The highest BCUT2D eigenvalue weighted by Gasteiger charge is 2.35. The summed E-state index contributed by atoms with van der Waals surface area (Å²) in [5.74, 6) is -0.603. The van der Waals surface area contributed by atoms with Crippen LogP contribution in [0.4, 0.5) is 17.6 Å². The van der Waals surface area contributed by atoms with Crippen LogP contribution in [-0.2, 0) is 16.2 Å². The average Bonchev–Trinajstić information content (AvgIpc) is 3.09. The zero-order valence-electron chi connectivity index (χ0n) is 15.1. The van der Waals surface area contributed by atoms with Crippen molar-refractivity contribution in [1.82, 2.24) is 9.78 Å². The van der Waals surface area contributed by atoms with Gasteiger partial charge in [-0.05, 0) is 47.5 Å². The molecular weight excluding hydrogens is 422 g/mol. The van der Waals surface area contributed by atoms with E-state index < -0.39 is 27.6 Å². The molecule has 0 aliphatic carbocycles. The predicted molar refractivity (Wildman–Crippen MR) is 103 cm³/mol. The number of hydrogen-bond acceptors (Lipinski definition) is 3. The van der Waals surface area contributed by atoms with Crippen LogP contribution in [0.2, 0.25) is 0 Å². The minimum Gasteiger partial charge on any atom is -0.232 e. The van der Waals surface area contributed by atoms with E-state index >= 15 is 0 Å². The lowest BCUT2D eigenvalue weighted by Gasteiger charge is -2.16. The monoisotopic (exact) mass is 435 g/mol. The summed E-state index contributed by atoms with van der Waals surface area (Å²) in [5.41, 5.74) is -0.719. The van der Waals surface area contributed by atoms with Gasteiger partial charge in [-0.25, -0.2) is 22.6 Å². The van der Waals surface area contributed by atoms with Gasteiger partial charge in [0.1, 0.15) is 5.82 Å². The zero-order valence-corrected chi connectivity index (χ0v) is 15.9. The van der Waals surface area contributed by atoms with E-state index in [1.165, 1.54) is 54.7 Å². The number of rotatable bonds is 3. The minimum atomic E-state index is -4.74. The van der Waals surface area contributed by atoms with E-state index in [0.29, 0.717) is 5.39 Å². The maximum Gasteiger partial charge on any atom is 0.418 e. The Bertz CT molecular complexity index is 1380. The molecule has 0 aliphatic heterocycles. The standard InChI is InChI=1S/C20H13F4N3O2S/c21-15-6-4-14-11-26-27(19(14)10-15)18-7-5-13(9-17(18)20(22,23)24)12-2-1-3-16(8-12)30(25,28)29/h1-11H,(H2,25,28,29). The summed E-state index contributed by atoms with van der Waals surface area (Å²) in [6.07, 6.45) is -3.40. The molecule has 0 atom stereocenters. The molecular formula is C20H13F4N3O2S. The average molecular weight is 435 g/mol. The molecule has 0 aliphatic rings. The molecule has 3 aromatic carbocycles. The summed E-state index contributed by atoms with van der Waals surface area (Å²) >= 11 is 0. The number of nitrogens with zero attached hydrogens (tertiary/aromatic N) is 2. The van der Waals surface area contributed by atoms with Crippen molar-refractivity contribution in [3.8, 4) is 16.8 Å². The third kappa shape index (κ3) is 3.66. The van der Waals surface area contributed by atoms with Crippen LogP contribution in [0.15, 0.2) is 71.8 Å². The summed E-state index contributed by atoms with van der Waals surface area (Å²) in [5, 5.41) is 9.57. The minimum absolute atomic E-state index is 0.138. The van der Waals surface area contributed by atoms with Gasteiger partial charge in [-0.2, -0.15) is 18.3 Å². The Morgan fingerprint density at radius 2 is 1.67 bits per heavy atom. The molecule has 4 rings (SSSR count). The Morgan fingerprint density at radius 1 is 0.933 bits per heavy atom. The molecule has 154 valence electrons. The molecule has 0 saturated heterocycles. The van der Waals surface area contributed by atoms with Crippen molar-refractivity contribution in [1.29, 1.82) is 0 Å². The molecule has 0 spiro atoms. The van der Waals surface area contributed by atoms with Crippen LogP contribution in [0.3, 0.4) is 0 Å².